The van der Waals surface area contributed by atoms with Gasteiger partial charge < -0.3 is 10.1 Å². The Morgan fingerprint density at radius 1 is 1.44 bits per heavy atom. The van der Waals surface area contributed by atoms with Crippen molar-refractivity contribution in [3.63, 3.8) is 0 Å². The molecule has 0 spiro atoms. The first kappa shape index (κ1) is 15.0. The topological polar surface area (TPSA) is 55.4 Å². The summed E-state index contributed by atoms with van der Waals surface area (Å²) in [6, 6.07) is 3.62. The zero-order valence-corrected chi connectivity index (χ0v) is 12.2. The maximum atomic E-state index is 11.6. The molecule has 0 aliphatic carbocycles. The number of rotatable bonds is 7. The minimum Gasteiger partial charge on any atom is -0.463 e. The van der Waals surface area contributed by atoms with Crippen molar-refractivity contribution in [2.45, 2.75) is 13.8 Å². The number of thioether (sulfide) groups is 1. The summed E-state index contributed by atoms with van der Waals surface area (Å²) in [5.74, 6) is 1.17. The second-order valence-electron chi connectivity index (χ2n) is 3.51. The fourth-order valence-electron chi connectivity index (χ4n) is 1.21. The van der Waals surface area contributed by atoms with E-state index in [0.717, 1.165) is 16.4 Å². The Labute approximate surface area is 115 Å². The molecule has 6 heteroatoms. The van der Waals surface area contributed by atoms with Crippen LogP contribution in [-0.2, 0) is 9.53 Å². The Balaban J connectivity index is 2.20. The van der Waals surface area contributed by atoms with Gasteiger partial charge in [0.1, 0.15) is 13.2 Å². The highest BCUT2D eigenvalue weighted by Gasteiger charge is 2.10. The molecule has 1 rings (SSSR count). The first-order valence-electron chi connectivity index (χ1n) is 5.71. The summed E-state index contributed by atoms with van der Waals surface area (Å²) in [6.07, 6.45) is 0. The number of hydrogen-bond acceptors (Lipinski definition) is 5. The van der Waals surface area contributed by atoms with Crippen molar-refractivity contribution in [3.8, 4) is 0 Å². The van der Waals surface area contributed by atoms with E-state index in [4.69, 9.17) is 4.74 Å². The van der Waals surface area contributed by atoms with Crippen LogP contribution in [0.5, 0.6) is 0 Å². The highest BCUT2D eigenvalue weighted by Crippen LogP contribution is 2.14. The van der Waals surface area contributed by atoms with Crippen molar-refractivity contribution in [3.05, 3.63) is 21.9 Å². The summed E-state index contributed by atoms with van der Waals surface area (Å²) in [4.78, 5) is 24.6. The van der Waals surface area contributed by atoms with Crippen LogP contribution in [-0.4, -0.2) is 36.5 Å². The van der Waals surface area contributed by atoms with Gasteiger partial charge in [0, 0.05) is 10.6 Å². The SMILES string of the molecule is CCSCCOC(=O)CNC(=O)c1ccc(C)s1. The fraction of sp³-hybridized carbons (Fsp3) is 0.500. The van der Waals surface area contributed by atoms with E-state index < -0.39 is 5.97 Å². The van der Waals surface area contributed by atoms with Gasteiger partial charge in [0.2, 0.25) is 0 Å². The molecule has 18 heavy (non-hydrogen) atoms. The minimum absolute atomic E-state index is 0.0768. The summed E-state index contributed by atoms with van der Waals surface area (Å²) < 4.78 is 4.96. The molecule has 0 radical (unpaired) electrons. The van der Waals surface area contributed by atoms with E-state index in [9.17, 15) is 9.59 Å². The van der Waals surface area contributed by atoms with Gasteiger partial charge in [0.05, 0.1) is 4.88 Å². The Hall–Kier alpha value is -1.01. The summed E-state index contributed by atoms with van der Waals surface area (Å²) in [5, 5.41) is 2.54. The van der Waals surface area contributed by atoms with Crippen molar-refractivity contribution in [2.75, 3.05) is 24.7 Å². The van der Waals surface area contributed by atoms with E-state index in [1.54, 1.807) is 17.8 Å². The number of carbonyl (C=O) groups is 2. The van der Waals surface area contributed by atoms with Gasteiger partial charge in [-0.15, -0.1) is 11.3 Å². The van der Waals surface area contributed by atoms with Crippen LogP contribution in [0.3, 0.4) is 0 Å². The molecular formula is C12H17NO3S2. The van der Waals surface area contributed by atoms with Crippen molar-refractivity contribution in [1.82, 2.24) is 5.32 Å². The molecule has 0 aromatic carbocycles. The van der Waals surface area contributed by atoms with E-state index in [0.29, 0.717) is 11.5 Å². The summed E-state index contributed by atoms with van der Waals surface area (Å²) in [5.41, 5.74) is 0. The van der Waals surface area contributed by atoms with Gasteiger partial charge in [-0.05, 0) is 24.8 Å². The first-order chi connectivity index (χ1) is 8.63. The van der Waals surface area contributed by atoms with Crippen LogP contribution in [0.1, 0.15) is 21.5 Å². The standard InChI is InChI=1S/C12H17NO3S2/c1-3-17-7-6-16-11(14)8-13-12(15)10-5-4-9(2)18-10/h4-5H,3,6-8H2,1-2H3,(H,13,15). The molecule has 0 atom stereocenters. The van der Waals surface area contributed by atoms with E-state index >= 15 is 0 Å². The van der Waals surface area contributed by atoms with E-state index in [-0.39, 0.29) is 12.5 Å². The van der Waals surface area contributed by atoms with Crippen LogP contribution in [0.4, 0.5) is 0 Å². The molecule has 100 valence electrons. The third kappa shape index (κ3) is 5.55. The third-order valence-electron chi connectivity index (χ3n) is 2.05. The number of carbonyl (C=O) groups excluding carboxylic acids is 2. The molecule has 0 saturated carbocycles. The maximum absolute atomic E-state index is 11.6. The zero-order valence-electron chi connectivity index (χ0n) is 10.5. The van der Waals surface area contributed by atoms with Crippen LogP contribution in [0.15, 0.2) is 12.1 Å². The maximum Gasteiger partial charge on any atom is 0.325 e. The molecule has 1 aromatic rings. The number of aryl methyl sites for hydroxylation is 1. The monoisotopic (exact) mass is 287 g/mol. The minimum atomic E-state index is -0.395. The molecule has 4 nitrogen and oxygen atoms in total. The average Bonchev–Trinajstić information content (AvgIpc) is 2.78. The molecule has 0 aliphatic heterocycles. The van der Waals surface area contributed by atoms with Crippen LogP contribution in [0, 0.1) is 6.92 Å². The number of esters is 1. The van der Waals surface area contributed by atoms with Crippen LogP contribution in [0.25, 0.3) is 0 Å². The third-order valence-corrected chi connectivity index (χ3v) is 3.92. The van der Waals surface area contributed by atoms with Gasteiger partial charge in [-0.25, -0.2) is 0 Å². The van der Waals surface area contributed by atoms with Crippen molar-refractivity contribution in [1.29, 1.82) is 0 Å². The van der Waals surface area contributed by atoms with Gasteiger partial charge in [0.25, 0.3) is 5.91 Å². The normalized spacial score (nSPS) is 10.1. The smallest absolute Gasteiger partial charge is 0.325 e. The van der Waals surface area contributed by atoms with Gasteiger partial charge in [-0.2, -0.15) is 11.8 Å². The lowest BCUT2D eigenvalue weighted by atomic mass is 10.4. The fourth-order valence-corrected chi connectivity index (χ4v) is 2.48. The molecule has 0 unspecified atom stereocenters. The van der Waals surface area contributed by atoms with Crippen LogP contribution >= 0.6 is 23.1 Å². The predicted octanol–water partition coefficient (Wildman–Crippen LogP) is 2.08. The van der Waals surface area contributed by atoms with E-state index in [1.165, 1.54) is 11.3 Å². The summed E-state index contributed by atoms with van der Waals surface area (Å²) in [6.45, 7) is 4.30. The van der Waals surface area contributed by atoms with Crippen molar-refractivity contribution >= 4 is 35.0 Å². The Kier molecular flexibility index (Phi) is 6.82. The first-order valence-corrected chi connectivity index (χ1v) is 7.68. The summed E-state index contributed by atoms with van der Waals surface area (Å²) in [7, 11) is 0. The molecule has 0 bridgehead atoms. The Bertz CT molecular complexity index is 404. The molecule has 0 saturated heterocycles. The highest BCUT2D eigenvalue weighted by molar-refractivity contribution is 7.99. The summed E-state index contributed by atoms with van der Waals surface area (Å²) >= 11 is 3.12. The lowest BCUT2D eigenvalue weighted by Crippen LogP contribution is -2.30. The van der Waals surface area contributed by atoms with E-state index in [1.807, 2.05) is 13.0 Å². The zero-order chi connectivity index (χ0) is 13.4. The molecular weight excluding hydrogens is 270 g/mol. The molecule has 0 aliphatic rings. The number of hydrogen-bond donors (Lipinski definition) is 1. The number of ether oxygens (including phenoxy) is 1. The Morgan fingerprint density at radius 3 is 2.83 bits per heavy atom. The molecule has 1 heterocycles. The predicted molar refractivity (Wildman–Crippen MR) is 75.3 cm³/mol. The Morgan fingerprint density at radius 2 is 2.22 bits per heavy atom. The van der Waals surface area contributed by atoms with Gasteiger partial charge in [-0.3, -0.25) is 9.59 Å². The van der Waals surface area contributed by atoms with E-state index in [2.05, 4.69) is 12.2 Å². The quantitative estimate of drug-likeness (QED) is 0.616. The lowest BCUT2D eigenvalue weighted by Gasteiger charge is -2.05. The molecule has 1 N–H and O–H groups in total. The number of amides is 1. The van der Waals surface area contributed by atoms with Crippen molar-refractivity contribution < 1.29 is 14.3 Å². The van der Waals surface area contributed by atoms with Crippen LogP contribution in [0.2, 0.25) is 0 Å². The second-order valence-corrected chi connectivity index (χ2v) is 6.19. The second kappa shape index (κ2) is 8.16. The number of nitrogens with one attached hydrogen (secondary N) is 1. The lowest BCUT2D eigenvalue weighted by molar-refractivity contribution is -0.141. The largest absolute Gasteiger partial charge is 0.463 e. The number of thiophene rings is 1. The van der Waals surface area contributed by atoms with Gasteiger partial charge >= 0.3 is 5.97 Å². The van der Waals surface area contributed by atoms with Gasteiger partial charge in [-0.1, -0.05) is 6.92 Å². The van der Waals surface area contributed by atoms with Crippen molar-refractivity contribution in [2.24, 2.45) is 0 Å². The highest BCUT2D eigenvalue weighted by atomic mass is 32.2. The molecule has 1 amide bonds. The molecule has 1 aromatic heterocycles. The average molecular weight is 287 g/mol. The van der Waals surface area contributed by atoms with Crippen LogP contribution < -0.4 is 5.32 Å². The van der Waals surface area contributed by atoms with Gasteiger partial charge in [0.15, 0.2) is 0 Å². The molecule has 0 fully saturated rings.